The standard InChI is InChI=1S/C18H26N4O/c1-3-4-5-17(23)20-16-7-6-15-18(21-16)14(12-19-15)13-8-10-22(2)11-9-13/h6-7,12-13,19H,3-5,8-11H2,1-2H3,(H,20,21,23). The van der Waals surface area contributed by atoms with E-state index in [1.54, 1.807) is 0 Å². The van der Waals surface area contributed by atoms with Gasteiger partial charge < -0.3 is 15.2 Å². The molecule has 1 aliphatic heterocycles. The summed E-state index contributed by atoms with van der Waals surface area (Å²) >= 11 is 0. The van der Waals surface area contributed by atoms with E-state index in [0.29, 0.717) is 18.2 Å². The highest BCUT2D eigenvalue weighted by molar-refractivity contribution is 5.91. The molecule has 3 heterocycles. The fraction of sp³-hybridized carbons (Fsp3) is 0.556. The van der Waals surface area contributed by atoms with Crippen LogP contribution in [0.4, 0.5) is 5.82 Å². The van der Waals surface area contributed by atoms with Gasteiger partial charge in [-0.3, -0.25) is 4.79 Å². The summed E-state index contributed by atoms with van der Waals surface area (Å²) in [6.45, 7) is 4.35. The highest BCUT2D eigenvalue weighted by Gasteiger charge is 2.21. The minimum atomic E-state index is 0.0510. The Bertz CT molecular complexity index is 671. The topological polar surface area (TPSA) is 61.0 Å². The number of hydrogen-bond donors (Lipinski definition) is 2. The first kappa shape index (κ1) is 16.0. The number of hydrogen-bond acceptors (Lipinski definition) is 3. The molecule has 5 heteroatoms. The van der Waals surface area contributed by atoms with Gasteiger partial charge in [0.15, 0.2) is 0 Å². The zero-order valence-electron chi connectivity index (χ0n) is 14.1. The second kappa shape index (κ2) is 7.13. The molecule has 0 radical (unpaired) electrons. The zero-order valence-corrected chi connectivity index (χ0v) is 14.1. The molecule has 0 aliphatic carbocycles. The number of piperidine rings is 1. The molecule has 2 aromatic rings. The lowest BCUT2D eigenvalue weighted by Crippen LogP contribution is -2.29. The first-order chi connectivity index (χ1) is 11.2. The lowest BCUT2D eigenvalue weighted by Gasteiger charge is -2.28. The van der Waals surface area contributed by atoms with Crippen molar-refractivity contribution in [3.05, 3.63) is 23.9 Å². The second-order valence-corrected chi connectivity index (χ2v) is 6.57. The van der Waals surface area contributed by atoms with E-state index in [-0.39, 0.29) is 5.91 Å². The third-order valence-corrected chi connectivity index (χ3v) is 4.74. The fourth-order valence-electron chi connectivity index (χ4n) is 3.26. The van der Waals surface area contributed by atoms with Gasteiger partial charge >= 0.3 is 0 Å². The summed E-state index contributed by atoms with van der Waals surface area (Å²) in [5.41, 5.74) is 3.34. The van der Waals surface area contributed by atoms with E-state index in [1.807, 2.05) is 12.1 Å². The van der Waals surface area contributed by atoms with E-state index in [2.05, 4.69) is 35.4 Å². The predicted octanol–water partition coefficient (Wildman–Crippen LogP) is 3.50. The normalized spacial score (nSPS) is 16.8. The number of aromatic nitrogens is 2. The lowest BCUT2D eigenvalue weighted by molar-refractivity contribution is -0.116. The average Bonchev–Trinajstić information content (AvgIpc) is 2.97. The lowest BCUT2D eigenvalue weighted by atomic mass is 9.91. The van der Waals surface area contributed by atoms with Gasteiger partial charge in [-0.1, -0.05) is 13.3 Å². The van der Waals surface area contributed by atoms with Gasteiger partial charge in [-0.2, -0.15) is 0 Å². The van der Waals surface area contributed by atoms with Crippen molar-refractivity contribution in [2.24, 2.45) is 0 Å². The largest absolute Gasteiger partial charge is 0.360 e. The highest BCUT2D eigenvalue weighted by atomic mass is 16.1. The summed E-state index contributed by atoms with van der Waals surface area (Å²) < 4.78 is 0. The van der Waals surface area contributed by atoms with Crippen molar-refractivity contribution < 1.29 is 4.79 Å². The number of rotatable bonds is 5. The van der Waals surface area contributed by atoms with Gasteiger partial charge in [-0.05, 0) is 63.0 Å². The van der Waals surface area contributed by atoms with E-state index in [4.69, 9.17) is 4.98 Å². The van der Waals surface area contributed by atoms with E-state index >= 15 is 0 Å². The smallest absolute Gasteiger partial charge is 0.225 e. The van der Waals surface area contributed by atoms with Crippen LogP contribution in [0, 0.1) is 0 Å². The van der Waals surface area contributed by atoms with Gasteiger partial charge in [-0.15, -0.1) is 0 Å². The Morgan fingerprint density at radius 1 is 1.39 bits per heavy atom. The second-order valence-electron chi connectivity index (χ2n) is 6.57. The van der Waals surface area contributed by atoms with Crippen molar-refractivity contribution >= 4 is 22.8 Å². The fourth-order valence-corrected chi connectivity index (χ4v) is 3.26. The van der Waals surface area contributed by atoms with Crippen LogP contribution in [0.25, 0.3) is 11.0 Å². The maximum Gasteiger partial charge on any atom is 0.225 e. The predicted molar refractivity (Wildman–Crippen MR) is 93.7 cm³/mol. The number of amides is 1. The molecule has 0 atom stereocenters. The van der Waals surface area contributed by atoms with Gasteiger partial charge in [0.25, 0.3) is 0 Å². The number of carbonyl (C=O) groups excluding carboxylic acids is 1. The van der Waals surface area contributed by atoms with Gasteiger partial charge in [-0.25, -0.2) is 4.98 Å². The number of nitrogens with one attached hydrogen (secondary N) is 2. The summed E-state index contributed by atoms with van der Waals surface area (Å²) in [4.78, 5) is 22.3. The molecule has 0 bridgehead atoms. The van der Waals surface area contributed by atoms with Crippen molar-refractivity contribution in [2.75, 3.05) is 25.5 Å². The monoisotopic (exact) mass is 314 g/mol. The van der Waals surface area contributed by atoms with Gasteiger partial charge in [0.05, 0.1) is 11.0 Å². The molecule has 124 valence electrons. The number of unbranched alkanes of at least 4 members (excludes halogenated alkanes) is 1. The Labute approximate surface area is 137 Å². The van der Waals surface area contributed by atoms with Crippen LogP contribution in [-0.4, -0.2) is 40.9 Å². The van der Waals surface area contributed by atoms with E-state index in [9.17, 15) is 4.79 Å². The van der Waals surface area contributed by atoms with Crippen LogP contribution in [0.3, 0.4) is 0 Å². The maximum absolute atomic E-state index is 11.9. The summed E-state index contributed by atoms with van der Waals surface area (Å²) in [5.74, 6) is 1.26. The Morgan fingerprint density at radius 3 is 2.91 bits per heavy atom. The number of aromatic amines is 1. The van der Waals surface area contributed by atoms with Gasteiger partial charge in [0.1, 0.15) is 5.82 Å². The number of anilines is 1. The van der Waals surface area contributed by atoms with Crippen LogP contribution < -0.4 is 5.32 Å². The molecule has 2 aromatic heterocycles. The van der Waals surface area contributed by atoms with Crippen LogP contribution in [0.2, 0.25) is 0 Å². The van der Waals surface area contributed by atoms with Gasteiger partial charge in [0.2, 0.25) is 5.91 Å². The molecule has 0 aromatic carbocycles. The highest BCUT2D eigenvalue weighted by Crippen LogP contribution is 2.32. The van der Waals surface area contributed by atoms with E-state index in [0.717, 1.165) is 49.8 Å². The number of likely N-dealkylation sites (tertiary alicyclic amines) is 1. The molecule has 5 nitrogen and oxygen atoms in total. The third-order valence-electron chi connectivity index (χ3n) is 4.74. The van der Waals surface area contributed by atoms with Crippen molar-refractivity contribution in [2.45, 2.75) is 44.9 Å². The first-order valence-electron chi connectivity index (χ1n) is 8.63. The summed E-state index contributed by atoms with van der Waals surface area (Å²) in [6, 6.07) is 3.89. The molecular formula is C18H26N4O. The summed E-state index contributed by atoms with van der Waals surface area (Å²) in [7, 11) is 2.17. The number of carbonyl (C=O) groups is 1. The molecule has 0 spiro atoms. The van der Waals surface area contributed by atoms with Crippen molar-refractivity contribution in [3.63, 3.8) is 0 Å². The number of nitrogens with zero attached hydrogens (tertiary/aromatic N) is 2. The van der Waals surface area contributed by atoms with Crippen molar-refractivity contribution in [1.82, 2.24) is 14.9 Å². The van der Waals surface area contributed by atoms with Crippen LogP contribution in [0.5, 0.6) is 0 Å². The molecule has 23 heavy (non-hydrogen) atoms. The Morgan fingerprint density at radius 2 is 2.17 bits per heavy atom. The van der Waals surface area contributed by atoms with E-state index < -0.39 is 0 Å². The summed E-state index contributed by atoms with van der Waals surface area (Å²) in [5, 5.41) is 2.92. The third kappa shape index (κ3) is 3.72. The number of fused-ring (bicyclic) bond motifs is 1. The SMILES string of the molecule is CCCCC(=O)Nc1ccc2[nH]cc(C3CCN(C)CC3)c2n1. The van der Waals surface area contributed by atoms with Crippen LogP contribution in [-0.2, 0) is 4.79 Å². The van der Waals surface area contributed by atoms with Crippen LogP contribution >= 0.6 is 0 Å². The van der Waals surface area contributed by atoms with Crippen molar-refractivity contribution in [1.29, 1.82) is 0 Å². The molecule has 2 N–H and O–H groups in total. The molecule has 0 unspecified atom stereocenters. The first-order valence-corrected chi connectivity index (χ1v) is 8.63. The number of H-pyrrole nitrogens is 1. The molecule has 1 aliphatic rings. The molecule has 1 saturated heterocycles. The molecule has 0 saturated carbocycles. The Kier molecular flexibility index (Phi) is 4.96. The number of pyridine rings is 1. The molecule has 3 rings (SSSR count). The summed E-state index contributed by atoms with van der Waals surface area (Å²) in [6.07, 6.45) is 6.93. The zero-order chi connectivity index (χ0) is 16.2. The quantitative estimate of drug-likeness (QED) is 0.888. The maximum atomic E-state index is 11.9. The Balaban J connectivity index is 1.78. The minimum absolute atomic E-state index is 0.0510. The van der Waals surface area contributed by atoms with Gasteiger partial charge in [0, 0.05) is 12.6 Å². The average molecular weight is 314 g/mol. The van der Waals surface area contributed by atoms with E-state index in [1.165, 1.54) is 5.56 Å². The Hall–Kier alpha value is -1.88. The van der Waals surface area contributed by atoms with Crippen molar-refractivity contribution in [3.8, 4) is 0 Å². The van der Waals surface area contributed by atoms with Crippen LogP contribution in [0.1, 0.15) is 50.5 Å². The minimum Gasteiger partial charge on any atom is -0.360 e. The molecule has 1 amide bonds. The molecule has 1 fully saturated rings. The molecular weight excluding hydrogens is 288 g/mol. The van der Waals surface area contributed by atoms with Crippen LogP contribution in [0.15, 0.2) is 18.3 Å².